The van der Waals surface area contributed by atoms with Gasteiger partial charge in [-0.3, -0.25) is 14.5 Å². The van der Waals surface area contributed by atoms with E-state index in [0.29, 0.717) is 25.2 Å². The van der Waals surface area contributed by atoms with Crippen LogP contribution in [0.2, 0.25) is 0 Å². The SMILES string of the molecule is CCC(CC)(NCc1cn2cccnc2n1)C(=O)O. The molecule has 0 atom stereocenters. The van der Waals surface area contributed by atoms with Crippen LogP contribution < -0.4 is 5.32 Å². The van der Waals surface area contributed by atoms with Crippen molar-refractivity contribution >= 4 is 11.7 Å². The first-order chi connectivity index (χ1) is 9.11. The number of imidazole rings is 1. The van der Waals surface area contributed by atoms with Crippen LogP contribution in [-0.4, -0.2) is 31.0 Å². The van der Waals surface area contributed by atoms with Crippen LogP contribution in [0.4, 0.5) is 0 Å². The molecule has 0 aliphatic heterocycles. The van der Waals surface area contributed by atoms with E-state index in [1.165, 1.54) is 0 Å². The number of carboxylic acids is 1. The number of aromatic nitrogens is 3. The van der Waals surface area contributed by atoms with Crippen LogP contribution in [0.15, 0.2) is 24.7 Å². The van der Waals surface area contributed by atoms with E-state index in [0.717, 1.165) is 5.69 Å². The normalized spacial score (nSPS) is 11.9. The fraction of sp³-hybridized carbons (Fsp3) is 0.462. The fourth-order valence-electron chi connectivity index (χ4n) is 2.10. The number of aliphatic carboxylic acids is 1. The van der Waals surface area contributed by atoms with Crippen LogP contribution in [0.25, 0.3) is 5.78 Å². The quantitative estimate of drug-likeness (QED) is 0.824. The highest BCUT2D eigenvalue weighted by atomic mass is 16.4. The van der Waals surface area contributed by atoms with Crippen LogP contribution in [0.5, 0.6) is 0 Å². The predicted molar refractivity (Wildman–Crippen MR) is 70.8 cm³/mol. The molecule has 2 aromatic rings. The van der Waals surface area contributed by atoms with E-state index in [9.17, 15) is 9.90 Å². The van der Waals surface area contributed by atoms with Crippen molar-refractivity contribution in [3.05, 3.63) is 30.4 Å². The lowest BCUT2D eigenvalue weighted by atomic mass is 9.93. The van der Waals surface area contributed by atoms with E-state index in [1.807, 2.05) is 36.7 Å². The third-order valence-electron chi connectivity index (χ3n) is 3.51. The molecule has 0 unspecified atom stereocenters. The maximum atomic E-state index is 11.4. The average molecular weight is 262 g/mol. The minimum absolute atomic E-state index is 0.414. The Morgan fingerprint density at radius 1 is 1.47 bits per heavy atom. The van der Waals surface area contributed by atoms with E-state index in [4.69, 9.17) is 0 Å². The highest BCUT2D eigenvalue weighted by Crippen LogP contribution is 2.16. The lowest BCUT2D eigenvalue weighted by molar-refractivity contribution is -0.145. The molecule has 0 amide bonds. The molecule has 2 rings (SSSR count). The van der Waals surface area contributed by atoms with Crippen molar-refractivity contribution in [2.75, 3.05) is 0 Å². The molecular formula is C13H18N4O2. The van der Waals surface area contributed by atoms with Gasteiger partial charge in [0.05, 0.1) is 5.69 Å². The highest BCUT2D eigenvalue weighted by molar-refractivity contribution is 5.78. The van der Waals surface area contributed by atoms with E-state index in [2.05, 4.69) is 15.3 Å². The third-order valence-corrected chi connectivity index (χ3v) is 3.51. The first-order valence-corrected chi connectivity index (χ1v) is 6.38. The number of hydrogen-bond donors (Lipinski definition) is 2. The first kappa shape index (κ1) is 13.5. The third kappa shape index (κ3) is 2.58. The Kier molecular flexibility index (Phi) is 3.80. The van der Waals surface area contributed by atoms with Crippen LogP contribution in [-0.2, 0) is 11.3 Å². The van der Waals surface area contributed by atoms with Gasteiger partial charge in [-0.25, -0.2) is 9.97 Å². The zero-order valence-electron chi connectivity index (χ0n) is 11.1. The first-order valence-electron chi connectivity index (χ1n) is 6.38. The maximum Gasteiger partial charge on any atom is 0.323 e. The molecule has 6 heteroatoms. The van der Waals surface area contributed by atoms with E-state index in [1.54, 1.807) is 6.20 Å². The zero-order valence-corrected chi connectivity index (χ0v) is 11.1. The Bertz CT molecular complexity index is 542. The van der Waals surface area contributed by atoms with Crippen molar-refractivity contribution < 1.29 is 9.90 Å². The molecule has 0 fully saturated rings. The minimum atomic E-state index is -0.886. The van der Waals surface area contributed by atoms with Gasteiger partial charge in [0.25, 0.3) is 0 Å². The van der Waals surface area contributed by atoms with Crippen LogP contribution >= 0.6 is 0 Å². The second kappa shape index (κ2) is 5.36. The summed E-state index contributed by atoms with van der Waals surface area (Å²) in [6.07, 6.45) is 6.46. The molecule has 102 valence electrons. The summed E-state index contributed by atoms with van der Waals surface area (Å²) >= 11 is 0. The van der Waals surface area contributed by atoms with Gasteiger partial charge in [-0.1, -0.05) is 13.8 Å². The van der Waals surface area contributed by atoms with Crippen molar-refractivity contribution in [1.82, 2.24) is 19.7 Å². The lowest BCUT2D eigenvalue weighted by Gasteiger charge is -2.27. The van der Waals surface area contributed by atoms with E-state index >= 15 is 0 Å². The molecule has 19 heavy (non-hydrogen) atoms. The molecule has 0 radical (unpaired) electrons. The van der Waals surface area contributed by atoms with Gasteiger partial charge < -0.3 is 5.11 Å². The molecule has 0 spiro atoms. The molecule has 0 saturated carbocycles. The summed E-state index contributed by atoms with van der Waals surface area (Å²) in [6.45, 7) is 4.16. The Balaban J connectivity index is 2.14. The number of nitrogens with one attached hydrogen (secondary N) is 1. The van der Waals surface area contributed by atoms with Crippen molar-refractivity contribution in [2.45, 2.75) is 38.8 Å². The van der Waals surface area contributed by atoms with Gasteiger partial charge in [0.15, 0.2) is 0 Å². The molecular weight excluding hydrogens is 244 g/mol. The van der Waals surface area contributed by atoms with E-state index < -0.39 is 11.5 Å². The van der Waals surface area contributed by atoms with Crippen molar-refractivity contribution in [3.8, 4) is 0 Å². The summed E-state index contributed by atoms with van der Waals surface area (Å²) in [7, 11) is 0. The average Bonchev–Trinajstić information content (AvgIpc) is 2.83. The Hall–Kier alpha value is -1.95. The number of hydrogen-bond acceptors (Lipinski definition) is 4. The van der Waals surface area contributed by atoms with E-state index in [-0.39, 0.29) is 0 Å². The van der Waals surface area contributed by atoms with Crippen molar-refractivity contribution in [1.29, 1.82) is 0 Å². The number of carbonyl (C=O) groups is 1. The summed E-state index contributed by atoms with van der Waals surface area (Å²) in [5, 5.41) is 12.4. The molecule has 0 bridgehead atoms. The largest absolute Gasteiger partial charge is 0.480 e. The zero-order chi connectivity index (χ0) is 13.9. The molecule has 0 aromatic carbocycles. The van der Waals surface area contributed by atoms with Gasteiger partial charge in [-0.05, 0) is 18.9 Å². The number of nitrogens with zero attached hydrogens (tertiary/aromatic N) is 3. The number of rotatable bonds is 6. The van der Waals surface area contributed by atoms with Gasteiger partial charge in [0.1, 0.15) is 5.54 Å². The molecule has 6 nitrogen and oxygen atoms in total. The minimum Gasteiger partial charge on any atom is -0.480 e. The number of fused-ring (bicyclic) bond motifs is 1. The monoisotopic (exact) mass is 262 g/mol. The van der Waals surface area contributed by atoms with Gasteiger partial charge in [0.2, 0.25) is 5.78 Å². The summed E-state index contributed by atoms with van der Waals surface area (Å²) in [6, 6.07) is 1.82. The second-order valence-corrected chi connectivity index (χ2v) is 4.51. The van der Waals surface area contributed by atoms with Crippen molar-refractivity contribution in [2.24, 2.45) is 0 Å². The Morgan fingerprint density at radius 3 is 2.79 bits per heavy atom. The predicted octanol–water partition coefficient (Wildman–Crippen LogP) is 1.46. The molecule has 2 aromatic heterocycles. The van der Waals surface area contributed by atoms with Crippen LogP contribution in [0.3, 0.4) is 0 Å². The highest BCUT2D eigenvalue weighted by Gasteiger charge is 2.34. The second-order valence-electron chi connectivity index (χ2n) is 4.51. The summed E-state index contributed by atoms with van der Waals surface area (Å²) in [5.41, 5.74) is -0.102. The molecule has 0 aliphatic carbocycles. The molecule has 2 N–H and O–H groups in total. The Morgan fingerprint density at radius 2 is 2.21 bits per heavy atom. The van der Waals surface area contributed by atoms with Gasteiger partial charge in [0, 0.05) is 25.1 Å². The van der Waals surface area contributed by atoms with Gasteiger partial charge in [-0.15, -0.1) is 0 Å². The maximum absolute atomic E-state index is 11.4. The summed E-state index contributed by atoms with van der Waals surface area (Å²) in [4.78, 5) is 19.8. The van der Waals surface area contributed by atoms with Crippen LogP contribution in [0, 0.1) is 0 Å². The standard InChI is InChI=1S/C13H18N4O2/c1-3-13(4-2,11(18)19)15-8-10-9-17-7-5-6-14-12(17)16-10/h5-7,9,15H,3-4,8H2,1-2H3,(H,18,19). The topological polar surface area (TPSA) is 79.5 Å². The number of carboxylic acid groups (broad SMARTS) is 1. The smallest absolute Gasteiger partial charge is 0.323 e. The van der Waals surface area contributed by atoms with Crippen molar-refractivity contribution in [3.63, 3.8) is 0 Å². The fourth-order valence-corrected chi connectivity index (χ4v) is 2.10. The van der Waals surface area contributed by atoms with Gasteiger partial charge >= 0.3 is 5.97 Å². The lowest BCUT2D eigenvalue weighted by Crippen LogP contribution is -2.50. The summed E-state index contributed by atoms with van der Waals surface area (Å²) < 4.78 is 1.82. The summed E-state index contributed by atoms with van der Waals surface area (Å²) in [5.74, 6) is -0.201. The molecule has 2 heterocycles. The molecule has 0 saturated heterocycles. The Labute approximate surface area is 111 Å². The van der Waals surface area contributed by atoms with Gasteiger partial charge in [-0.2, -0.15) is 0 Å². The molecule has 0 aliphatic rings. The van der Waals surface area contributed by atoms with Crippen LogP contribution in [0.1, 0.15) is 32.4 Å².